The highest BCUT2D eigenvalue weighted by atomic mass is 16.7. The van der Waals surface area contributed by atoms with E-state index in [9.17, 15) is 0 Å². The predicted octanol–water partition coefficient (Wildman–Crippen LogP) is 4.39. The van der Waals surface area contributed by atoms with Crippen LogP contribution in [0.3, 0.4) is 0 Å². The maximum Gasteiger partial charge on any atom is 0.494 e. The first-order chi connectivity index (χ1) is 10.9. The highest BCUT2D eigenvalue weighted by Gasteiger charge is 2.51. The van der Waals surface area contributed by atoms with Gasteiger partial charge in [0.05, 0.1) is 17.5 Å². The second-order valence-corrected chi connectivity index (χ2v) is 8.02. The highest BCUT2D eigenvalue weighted by Crippen LogP contribution is 2.39. The van der Waals surface area contributed by atoms with E-state index >= 15 is 0 Å². The molecule has 2 aromatic rings. The molecule has 1 saturated carbocycles. The van der Waals surface area contributed by atoms with E-state index in [4.69, 9.17) is 13.7 Å². The van der Waals surface area contributed by atoms with Crippen LogP contribution in [0, 0.1) is 0 Å². The molecule has 0 N–H and O–H groups in total. The summed E-state index contributed by atoms with van der Waals surface area (Å²) in [6.07, 6.45) is 7.15. The van der Waals surface area contributed by atoms with Gasteiger partial charge in [-0.1, -0.05) is 25.0 Å². The molecule has 0 bridgehead atoms. The van der Waals surface area contributed by atoms with E-state index in [1.54, 1.807) is 0 Å². The summed E-state index contributed by atoms with van der Waals surface area (Å²) >= 11 is 0. The van der Waals surface area contributed by atoms with Crippen molar-refractivity contribution in [2.75, 3.05) is 0 Å². The second-order valence-electron chi connectivity index (χ2n) is 8.02. The monoisotopic (exact) mass is 312 g/mol. The van der Waals surface area contributed by atoms with Crippen LogP contribution in [0.2, 0.25) is 0 Å². The molecule has 23 heavy (non-hydrogen) atoms. The molecule has 0 unspecified atom stereocenters. The van der Waals surface area contributed by atoms with E-state index < -0.39 is 0 Å². The van der Waals surface area contributed by atoms with Gasteiger partial charge >= 0.3 is 7.12 Å². The zero-order valence-corrected chi connectivity index (χ0v) is 14.5. The molecule has 1 aromatic carbocycles. The van der Waals surface area contributed by atoms with Crippen molar-refractivity contribution in [3.63, 3.8) is 0 Å². The summed E-state index contributed by atoms with van der Waals surface area (Å²) in [4.78, 5) is 0. The van der Waals surface area contributed by atoms with E-state index in [-0.39, 0.29) is 18.3 Å². The van der Waals surface area contributed by atoms with Gasteiger partial charge in [0.1, 0.15) is 5.58 Å². The minimum absolute atomic E-state index is 0.308. The van der Waals surface area contributed by atoms with Crippen molar-refractivity contribution < 1.29 is 13.7 Å². The van der Waals surface area contributed by atoms with Crippen LogP contribution in [0.5, 0.6) is 0 Å². The normalized spacial score (nSPS) is 23.9. The minimum atomic E-state index is -0.310. The fourth-order valence-corrected chi connectivity index (χ4v) is 3.75. The fraction of sp³-hybridized carbons (Fsp3) is 0.579. The van der Waals surface area contributed by atoms with Crippen LogP contribution >= 0.6 is 0 Å². The van der Waals surface area contributed by atoms with Crippen LogP contribution in [-0.2, 0) is 9.31 Å². The summed E-state index contributed by atoms with van der Waals surface area (Å²) in [5.74, 6) is 0.643. The van der Waals surface area contributed by atoms with Crippen molar-refractivity contribution in [1.29, 1.82) is 0 Å². The summed E-state index contributed by atoms with van der Waals surface area (Å²) in [5, 5.41) is 1.23. The molecule has 4 rings (SSSR count). The van der Waals surface area contributed by atoms with Gasteiger partial charge in [-0.05, 0) is 58.0 Å². The number of benzene rings is 1. The van der Waals surface area contributed by atoms with Gasteiger partial charge in [0.2, 0.25) is 0 Å². The van der Waals surface area contributed by atoms with Gasteiger partial charge in [-0.25, -0.2) is 0 Å². The van der Waals surface area contributed by atoms with Gasteiger partial charge in [-0.3, -0.25) is 0 Å². The Morgan fingerprint density at radius 1 is 1.00 bits per heavy atom. The van der Waals surface area contributed by atoms with E-state index in [1.807, 2.05) is 12.3 Å². The SMILES string of the molecule is CC1(C)OB(c2ccc3occ(C4CCCC4)c3c2)OC1(C)C. The molecule has 122 valence electrons. The van der Waals surface area contributed by atoms with Crippen molar-refractivity contribution in [3.8, 4) is 0 Å². The van der Waals surface area contributed by atoms with Crippen LogP contribution in [0.15, 0.2) is 28.9 Å². The lowest BCUT2D eigenvalue weighted by atomic mass is 9.78. The van der Waals surface area contributed by atoms with Crippen molar-refractivity contribution >= 4 is 23.6 Å². The molecular formula is C19H25BO3. The van der Waals surface area contributed by atoms with E-state index in [2.05, 4.69) is 39.8 Å². The number of hydrogen-bond donors (Lipinski definition) is 0. The summed E-state index contributed by atoms with van der Waals surface area (Å²) in [6, 6.07) is 6.31. The molecule has 0 amide bonds. The van der Waals surface area contributed by atoms with Crippen LogP contribution in [0.25, 0.3) is 11.0 Å². The van der Waals surface area contributed by atoms with Gasteiger partial charge in [0, 0.05) is 10.9 Å². The molecule has 1 aliphatic carbocycles. The summed E-state index contributed by atoms with van der Waals surface area (Å²) in [6.45, 7) is 8.36. The third-order valence-corrected chi connectivity index (χ3v) is 5.95. The third kappa shape index (κ3) is 2.43. The number of hydrogen-bond acceptors (Lipinski definition) is 3. The standard InChI is InChI=1S/C19H25BO3/c1-18(2)19(3,4)23-20(22-18)14-9-10-17-15(11-14)16(12-21-17)13-7-5-6-8-13/h9-13H,5-8H2,1-4H3. The Kier molecular flexibility index (Phi) is 3.40. The van der Waals surface area contributed by atoms with E-state index in [1.165, 1.54) is 36.6 Å². The van der Waals surface area contributed by atoms with Gasteiger partial charge < -0.3 is 13.7 Å². The molecule has 4 heteroatoms. The molecule has 1 aromatic heterocycles. The molecule has 0 spiro atoms. The lowest BCUT2D eigenvalue weighted by Crippen LogP contribution is -2.41. The first-order valence-corrected chi connectivity index (χ1v) is 8.74. The first-order valence-electron chi connectivity index (χ1n) is 8.74. The molecule has 1 saturated heterocycles. The van der Waals surface area contributed by atoms with Crippen molar-refractivity contribution in [2.24, 2.45) is 0 Å². The van der Waals surface area contributed by atoms with Crippen LogP contribution < -0.4 is 5.46 Å². The number of furan rings is 1. The summed E-state index contributed by atoms with van der Waals surface area (Å²) < 4.78 is 18.2. The molecule has 2 aliphatic rings. The average molecular weight is 312 g/mol. The van der Waals surface area contributed by atoms with Crippen molar-refractivity contribution in [3.05, 3.63) is 30.0 Å². The Balaban J connectivity index is 1.70. The topological polar surface area (TPSA) is 31.6 Å². The molecule has 1 aliphatic heterocycles. The maximum absolute atomic E-state index is 6.19. The smallest absolute Gasteiger partial charge is 0.464 e. The van der Waals surface area contributed by atoms with Crippen LogP contribution in [0.4, 0.5) is 0 Å². The maximum atomic E-state index is 6.19. The first kappa shape index (κ1) is 15.3. The highest BCUT2D eigenvalue weighted by molar-refractivity contribution is 6.62. The molecule has 3 nitrogen and oxygen atoms in total. The lowest BCUT2D eigenvalue weighted by Gasteiger charge is -2.32. The Bertz CT molecular complexity index is 709. The summed E-state index contributed by atoms with van der Waals surface area (Å²) in [5.41, 5.74) is 2.79. The van der Waals surface area contributed by atoms with Gasteiger partial charge in [-0.2, -0.15) is 0 Å². The fourth-order valence-electron chi connectivity index (χ4n) is 3.75. The van der Waals surface area contributed by atoms with E-state index in [0.29, 0.717) is 5.92 Å². The number of rotatable bonds is 2. The molecule has 0 atom stereocenters. The van der Waals surface area contributed by atoms with Gasteiger partial charge in [-0.15, -0.1) is 0 Å². The summed E-state index contributed by atoms with van der Waals surface area (Å²) in [7, 11) is -0.310. The molecule has 0 radical (unpaired) electrons. The Morgan fingerprint density at radius 2 is 1.65 bits per heavy atom. The zero-order valence-electron chi connectivity index (χ0n) is 14.5. The third-order valence-electron chi connectivity index (χ3n) is 5.95. The van der Waals surface area contributed by atoms with Crippen LogP contribution in [-0.4, -0.2) is 18.3 Å². The van der Waals surface area contributed by atoms with Gasteiger partial charge in [0.15, 0.2) is 0 Å². The minimum Gasteiger partial charge on any atom is -0.464 e. The Hall–Kier alpha value is -1.26. The van der Waals surface area contributed by atoms with Gasteiger partial charge in [0.25, 0.3) is 0 Å². The number of fused-ring (bicyclic) bond motifs is 1. The van der Waals surface area contributed by atoms with E-state index in [0.717, 1.165) is 11.0 Å². The Labute approximate surface area is 138 Å². The molecule has 2 heterocycles. The second kappa shape index (κ2) is 5.12. The zero-order chi connectivity index (χ0) is 16.2. The molecule has 2 fully saturated rings. The largest absolute Gasteiger partial charge is 0.494 e. The quantitative estimate of drug-likeness (QED) is 0.771. The van der Waals surface area contributed by atoms with Crippen molar-refractivity contribution in [2.45, 2.75) is 70.5 Å². The lowest BCUT2D eigenvalue weighted by molar-refractivity contribution is 0.00578. The Morgan fingerprint density at radius 3 is 2.30 bits per heavy atom. The predicted molar refractivity (Wildman–Crippen MR) is 93.1 cm³/mol. The molecular weight excluding hydrogens is 287 g/mol. The van der Waals surface area contributed by atoms with Crippen LogP contribution in [0.1, 0.15) is 64.9 Å². The van der Waals surface area contributed by atoms with Crippen molar-refractivity contribution in [1.82, 2.24) is 0 Å². The average Bonchev–Trinajstić information content (AvgIpc) is 3.17.